The average Bonchev–Trinajstić information content (AvgIpc) is 4.06. The lowest BCUT2D eigenvalue weighted by Gasteiger charge is -2.31. The van der Waals surface area contributed by atoms with Gasteiger partial charge in [-0.05, 0) is 81.9 Å². The second-order valence-corrected chi connectivity index (χ2v) is 18.4. The molecule has 0 aliphatic heterocycles. The van der Waals surface area contributed by atoms with Gasteiger partial charge in [-0.2, -0.15) is 0 Å². The van der Waals surface area contributed by atoms with E-state index >= 15 is 0 Å². The van der Waals surface area contributed by atoms with Crippen molar-refractivity contribution in [3.63, 3.8) is 0 Å². The van der Waals surface area contributed by atoms with Crippen molar-refractivity contribution >= 4 is 45.3 Å². The number of para-hydroxylation sites is 2. The van der Waals surface area contributed by atoms with E-state index < -0.39 is 5.41 Å². The topological polar surface area (TPSA) is 58.9 Å². The molecule has 0 saturated heterocycles. The molecule has 0 radical (unpaired) electrons. The van der Waals surface area contributed by atoms with Crippen molar-refractivity contribution in [1.29, 1.82) is 0 Å². The third-order valence-electron chi connectivity index (χ3n) is 14.4. The number of aromatic nitrogens is 1. The molecule has 0 amide bonds. The highest BCUT2D eigenvalue weighted by molar-refractivity contribution is 6.12. The zero-order valence-electron chi connectivity index (χ0n) is 39.4. The van der Waals surface area contributed by atoms with E-state index in [1.54, 1.807) is 0 Å². The molecule has 1 spiro atoms. The number of rotatable bonds is 9. The quantitative estimate of drug-likeness (QED) is 0.116. The van der Waals surface area contributed by atoms with E-state index in [-0.39, 0.29) is 0 Å². The Morgan fingerprint density at radius 1 is 0.444 bits per heavy atom. The molecule has 11 aromatic rings. The van der Waals surface area contributed by atoms with E-state index in [1.807, 2.05) is 60.7 Å². The Balaban J connectivity index is 1.07. The van der Waals surface area contributed by atoms with Crippen LogP contribution in [-0.4, -0.2) is 16.2 Å². The van der Waals surface area contributed by atoms with Gasteiger partial charge in [-0.3, -0.25) is 0 Å². The number of anilines is 3. The van der Waals surface area contributed by atoms with Crippen molar-refractivity contribution in [3.05, 3.63) is 306 Å². The van der Waals surface area contributed by atoms with Crippen molar-refractivity contribution in [2.45, 2.75) is 5.41 Å². The van der Waals surface area contributed by atoms with Crippen LogP contribution in [0.4, 0.5) is 17.1 Å². The van der Waals surface area contributed by atoms with Crippen LogP contribution < -0.4 is 10.6 Å². The second-order valence-electron chi connectivity index (χ2n) is 18.4. The zero-order chi connectivity index (χ0) is 48.2. The Morgan fingerprint density at radius 3 is 1.64 bits per heavy atom. The summed E-state index contributed by atoms with van der Waals surface area (Å²) in [6, 6.07) is 92.6. The van der Waals surface area contributed by atoms with E-state index in [0.29, 0.717) is 17.4 Å². The van der Waals surface area contributed by atoms with Gasteiger partial charge < -0.3 is 15.2 Å². The minimum absolute atomic E-state index is 0.380. The first-order chi connectivity index (χ1) is 35.6. The fraction of sp³-hybridized carbons (Fsp3) is 0.0149. The summed E-state index contributed by atoms with van der Waals surface area (Å²) in [5.74, 6) is 0.865. The van der Waals surface area contributed by atoms with Crippen LogP contribution in [-0.2, 0) is 5.41 Å². The molecule has 2 aliphatic carbocycles. The maximum Gasteiger partial charge on any atom is 0.162 e. The molecule has 10 aromatic carbocycles. The highest BCUT2D eigenvalue weighted by atomic mass is 15.1. The molecule has 5 nitrogen and oxygen atoms in total. The van der Waals surface area contributed by atoms with Gasteiger partial charge in [0.1, 0.15) is 5.84 Å². The summed E-state index contributed by atoms with van der Waals surface area (Å²) in [5.41, 5.74) is 26.8. The van der Waals surface area contributed by atoms with Gasteiger partial charge in [0.05, 0.1) is 28.0 Å². The Hall–Kier alpha value is -9.58. The summed E-state index contributed by atoms with van der Waals surface area (Å²) in [7, 11) is 0. The normalized spacial score (nSPS) is 13.1. The lowest BCUT2D eigenvalue weighted by atomic mass is 9.70. The molecule has 2 aliphatic rings. The summed E-state index contributed by atoms with van der Waals surface area (Å²) < 4.78 is 2.47. The van der Waals surface area contributed by atoms with Crippen molar-refractivity contribution in [1.82, 2.24) is 4.57 Å². The highest BCUT2D eigenvalue weighted by Crippen LogP contribution is 2.65. The first kappa shape index (κ1) is 42.5. The maximum atomic E-state index is 6.65. The molecular weight excluding hydrogens is 875 g/mol. The number of aliphatic imine (C=N–C) groups is 2. The van der Waals surface area contributed by atoms with Gasteiger partial charge in [-0.25, -0.2) is 9.98 Å². The number of hydrogen-bond acceptors (Lipinski definition) is 2. The fourth-order valence-electron chi connectivity index (χ4n) is 11.3. The summed E-state index contributed by atoms with van der Waals surface area (Å²) >= 11 is 0. The average molecular weight is 922 g/mol. The van der Waals surface area contributed by atoms with Crippen LogP contribution in [0.25, 0.3) is 55.8 Å². The largest absolute Gasteiger partial charge is 0.383 e. The summed E-state index contributed by atoms with van der Waals surface area (Å²) in [4.78, 5) is 12.5. The molecule has 72 heavy (non-hydrogen) atoms. The van der Waals surface area contributed by atoms with Crippen molar-refractivity contribution < 1.29 is 0 Å². The first-order valence-electron chi connectivity index (χ1n) is 24.4. The Labute approximate surface area is 419 Å². The maximum absolute atomic E-state index is 6.65. The molecule has 0 unspecified atom stereocenters. The molecular formula is C67H47N5. The third-order valence-corrected chi connectivity index (χ3v) is 14.4. The minimum atomic E-state index is -0.604. The Morgan fingerprint density at radius 2 is 0.972 bits per heavy atom. The monoisotopic (exact) mass is 921 g/mol. The molecule has 1 heterocycles. The molecule has 0 fully saturated rings. The van der Waals surface area contributed by atoms with Crippen LogP contribution in [0.2, 0.25) is 0 Å². The number of fused-ring (bicyclic) bond motifs is 12. The molecule has 2 N–H and O–H groups in total. The summed E-state index contributed by atoms with van der Waals surface area (Å²) in [6.07, 6.45) is 0. The van der Waals surface area contributed by atoms with Crippen LogP contribution in [0.3, 0.4) is 0 Å². The van der Waals surface area contributed by atoms with Gasteiger partial charge in [-0.1, -0.05) is 219 Å². The van der Waals surface area contributed by atoms with E-state index in [0.717, 1.165) is 61.8 Å². The van der Waals surface area contributed by atoms with Gasteiger partial charge in [0, 0.05) is 55.8 Å². The smallest absolute Gasteiger partial charge is 0.162 e. The van der Waals surface area contributed by atoms with Crippen LogP contribution >= 0.6 is 0 Å². The molecule has 13 rings (SSSR count). The molecule has 5 heteroatoms. The van der Waals surface area contributed by atoms with E-state index in [4.69, 9.17) is 15.7 Å². The summed E-state index contributed by atoms with van der Waals surface area (Å²) in [6.45, 7) is 4.58. The number of nitrogens with zero attached hydrogens (tertiary/aromatic N) is 4. The van der Waals surface area contributed by atoms with Crippen LogP contribution in [0.15, 0.2) is 277 Å². The molecule has 1 aromatic heterocycles. The second kappa shape index (κ2) is 17.4. The Bertz CT molecular complexity index is 3900. The SMILES string of the molecule is C=C(/N=C(\N=C(/N)c1ccccc1)c1ccccc1)c1cccc(-n2c3c(c4cc(N(c5ccccc5)c5ccccc5-c5ccccc5)ccc42)C2(c4ccccc4-c4ccccc42)c2ccccc2-3)c1. The number of benzene rings is 10. The lowest BCUT2D eigenvalue weighted by molar-refractivity contribution is 0.801. The van der Waals surface area contributed by atoms with Crippen LogP contribution in [0.5, 0.6) is 0 Å². The standard InChI is InChI=1S/C67H47N5/c1-45(69-66(48-27-10-4-11-28-48)70-65(68)47-25-8-3-9-26-47)49-29-22-32-51(43-49)72-62-42-41-52(71(50-30-12-5-13-31-50)61-40-21-17-33-53(61)46-23-6-2-7-24-46)44-57(62)63-64(72)56-36-16-20-39-60(56)67(63)58-37-18-14-34-54(58)55-35-15-19-38-59(55)67/h2-44H,1H2,(H2,68,69,70). The summed E-state index contributed by atoms with van der Waals surface area (Å²) in [5, 5.41) is 1.17. The number of amidine groups is 2. The first-order valence-corrected chi connectivity index (χ1v) is 24.4. The van der Waals surface area contributed by atoms with Crippen LogP contribution in [0.1, 0.15) is 38.9 Å². The fourth-order valence-corrected chi connectivity index (χ4v) is 11.3. The number of nitrogens with two attached hydrogens (primary N) is 1. The van der Waals surface area contributed by atoms with Crippen LogP contribution in [0, 0.1) is 0 Å². The minimum Gasteiger partial charge on any atom is -0.383 e. The van der Waals surface area contributed by atoms with Crippen molar-refractivity contribution in [2.24, 2.45) is 15.7 Å². The van der Waals surface area contributed by atoms with E-state index in [9.17, 15) is 0 Å². The lowest BCUT2D eigenvalue weighted by Crippen LogP contribution is -2.25. The van der Waals surface area contributed by atoms with Gasteiger partial charge in [0.15, 0.2) is 5.84 Å². The van der Waals surface area contributed by atoms with Crippen molar-refractivity contribution in [3.8, 4) is 39.2 Å². The van der Waals surface area contributed by atoms with Gasteiger partial charge in [0.2, 0.25) is 0 Å². The molecule has 0 atom stereocenters. The van der Waals surface area contributed by atoms with Gasteiger partial charge in [-0.15, -0.1) is 0 Å². The highest BCUT2D eigenvalue weighted by Gasteiger charge is 2.54. The predicted octanol–water partition coefficient (Wildman–Crippen LogP) is 15.9. The third kappa shape index (κ3) is 6.78. The van der Waals surface area contributed by atoms with Gasteiger partial charge in [0.25, 0.3) is 0 Å². The number of hydrogen-bond donors (Lipinski definition) is 1. The van der Waals surface area contributed by atoms with Gasteiger partial charge >= 0.3 is 0 Å². The Kier molecular flexibility index (Phi) is 10.3. The molecule has 0 bridgehead atoms. The van der Waals surface area contributed by atoms with E-state index in [2.05, 4.69) is 216 Å². The zero-order valence-corrected chi connectivity index (χ0v) is 39.4. The van der Waals surface area contributed by atoms with Crippen molar-refractivity contribution in [2.75, 3.05) is 4.90 Å². The van der Waals surface area contributed by atoms with E-state index in [1.165, 1.54) is 44.3 Å². The molecule has 0 saturated carbocycles. The predicted molar refractivity (Wildman–Crippen MR) is 299 cm³/mol. The molecule has 340 valence electrons.